The van der Waals surface area contributed by atoms with Gasteiger partial charge in [0.1, 0.15) is 0 Å². The van der Waals surface area contributed by atoms with Crippen molar-refractivity contribution in [2.75, 3.05) is 0 Å². The molecule has 5 rings (SSSR count). The number of halogens is 8. The van der Waals surface area contributed by atoms with E-state index < -0.39 is 86.7 Å². The Kier molecular flexibility index (Phi) is 8.90. The number of carbonyl (C=O) groups excluding carboxylic acids is 2. The molecule has 0 radical (unpaired) electrons. The van der Waals surface area contributed by atoms with E-state index in [-0.39, 0.29) is 24.1 Å². The standard InChI is InChI=1S/C28H29F8N7O2/c29-26(30)6-3-17(4-7-26)24(41-25(45)19-13-37-42(14-19)10-9-28(34,35)36)20-15-43-21(39-20)11-18(12-38-43)23(16-1-2-16)40-22(44)5-8-27(31,32)33/h1,11-15,17,23-24H,2-10H2,(H,40,44)(H,41,45)/t23-,24-/m0/s1. The molecule has 2 amide bonds. The van der Waals surface area contributed by atoms with E-state index >= 15 is 0 Å². The molecule has 45 heavy (non-hydrogen) atoms. The summed E-state index contributed by atoms with van der Waals surface area (Å²) in [4.78, 5) is 30.0. The Morgan fingerprint density at radius 1 is 0.978 bits per heavy atom. The minimum absolute atomic E-state index is 0.0192. The second-order valence-corrected chi connectivity index (χ2v) is 11.4. The third-order valence-corrected chi connectivity index (χ3v) is 7.80. The van der Waals surface area contributed by atoms with Gasteiger partial charge in [0.05, 0.1) is 54.8 Å². The first-order chi connectivity index (χ1) is 21.1. The third-order valence-electron chi connectivity index (χ3n) is 7.80. The van der Waals surface area contributed by atoms with Crippen LogP contribution in [0.2, 0.25) is 0 Å². The average Bonchev–Trinajstić information content (AvgIpc) is 3.52. The van der Waals surface area contributed by atoms with E-state index in [4.69, 9.17) is 0 Å². The molecule has 3 aromatic rings. The number of nitrogens with zero attached hydrogens (tertiary/aromatic N) is 5. The van der Waals surface area contributed by atoms with Gasteiger partial charge < -0.3 is 10.6 Å². The van der Waals surface area contributed by atoms with Crippen LogP contribution in [-0.4, -0.2) is 54.5 Å². The maximum Gasteiger partial charge on any atom is 0.390 e. The monoisotopic (exact) mass is 647 g/mol. The van der Waals surface area contributed by atoms with E-state index in [1.54, 1.807) is 6.07 Å². The summed E-state index contributed by atoms with van der Waals surface area (Å²) in [5, 5.41) is 13.5. The number of hydrogen-bond donors (Lipinski definition) is 2. The summed E-state index contributed by atoms with van der Waals surface area (Å²) in [5.41, 5.74) is 1.81. The number of allylic oxidation sites excluding steroid dienone is 1. The molecule has 0 aliphatic heterocycles. The number of carbonyl (C=O) groups is 2. The highest BCUT2D eigenvalue weighted by Gasteiger charge is 2.39. The van der Waals surface area contributed by atoms with Crippen LogP contribution in [0.1, 0.15) is 85.1 Å². The fraction of sp³-hybridized carbons (Fsp3) is 0.536. The van der Waals surface area contributed by atoms with Crippen LogP contribution in [0.5, 0.6) is 0 Å². The molecule has 0 bridgehead atoms. The average molecular weight is 648 g/mol. The van der Waals surface area contributed by atoms with Crippen LogP contribution in [0.25, 0.3) is 5.65 Å². The second-order valence-electron chi connectivity index (χ2n) is 11.4. The largest absolute Gasteiger partial charge is 0.390 e. The number of aromatic nitrogens is 5. The normalized spacial score (nSPS) is 18.4. The van der Waals surface area contributed by atoms with Crippen LogP contribution in [0.4, 0.5) is 35.1 Å². The van der Waals surface area contributed by atoms with Crippen molar-refractivity contribution in [3.63, 3.8) is 0 Å². The fourth-order valence-corrected chi connectivity index (χ4v) is 5.29. The zero-order valence-electron chi connectivity index (χ0n) is 23.6. The fourth-order valence-electron chi connectivity index (χ4n) is 5.29. The van der Waals surface area contributed by atoms with E-state index in [2.05, 4.69) is 25.8 Å². The maximum absolute atomic E-state index is 14.0. The lowest BCUT2D eigenvalue weighted by Gasteiger charge is -2.33. The number of nitrogens with one attached hydrogen (secondary N) is 2. The van der Waals surface area contributed by atoms with Crippen LogP contribution in [0, 0.1) is 5.92 Å². The predicted molar refractivity (Wildman–Crippen MR) is 142 cm³/mol. The van der Waals surface area contributed by atoms with Crippen molar-refractivity contribution in [2.24, 2.45) is 5.92 Å². The van der Waals surface area contributed by atoms with Gasteiger partial charge in [-0.1, -0.05) is 6.08 Å². The second kappa shape index (κ2) is 12.4. The molecule has 2 aliphatic carbocycles. The minimum Gasteiger partial charge on any atom is -0.345 e. The summed E-state index contributed by atoms with van der Waals surface area (Å²) < 4.78 is 106. The van der Waals surface area contributed by atoms with Crippen LogP contribution in [0.15, 0.2) is 42.5 Å². The van der Waals surface area contributed by atoms with Crippen LogP contribution < -0.4 is 10.6 Å². The van der Waals surface area contributed by atoms with Gasteiger partial charge in [0.25, 0.3) is 5.91 Å². The smallest absolute Gasteiger partial charge is 0.345 e. The molecule has 244 valence electrons. The lowest BCUT2D eigenvalue weighted by molar-refractivity contribution is -0.144. The molecule has 1 fully saturated rings. The molecule has 2 atom stereocenters. The van der Waals surface area contributed by atoms with E-state index in [1.165, 1.54) is 23.1 Å². The maximum atomic E-state index is 14.0. The van der Waals surface area contributed by atoms with Gasteiger partial charge in [0.15, 0.2) is 5.65 Å². The van der Waals surface area contributed by atoms with Gasteiger partial charge >= 0.3 is 12.4 Å². The van der Waals surface area contributed by atoms with Gasteiger partial charge in [-0.05, 0) is 36.8 Å². The minimum atomic E-state index is -4.48. The highest BCUT2D eigenvalue weighted by molar-refractivity contribution is 5.94. The number of amides is 2. The lowest BCUT2D eigenvalue weighted by atomic mass is 9.81. The van der Waals surface area contributed by atoms with Crippen LogP contribution >= 0.6 is 0 Å². The van der Waals surface area contributed by atoms with Crippen molar-refractivity contribution in [1.29, 1.82) is 0 Å². The van der Waals surface area contributed by atoms with Gasteiger partial charge in [-0.15, -0.1) is 0 Å². The molecular formula is C28H29F8N7O2. The van der Waals surface area contributed by atoms with Crippen molar-refractivity contribution in [3.05, 3.63) is 59.3 Å². The molecule has 0 saturated heterocycles. The summed E-state index contributed by atoms with van der Waals surface area (Å²) in [6.07, 6.45) is -5.11. The Bertz CT molecular complexity index is 1570. The molecule has 0 aromatic carbocycles. The molecule has 3 aromatic heterocycles. The van der Waals surface area contributed by atoms with Gasteiger partial charge in [-0.2, -0.15) is 36.5 Å². The molecule has 2 N–H and O–H groups in total. The SMILES string of the molecule is O=C(CCC(F)(F)F)N[C@@H](C1=CC1)c1cnn2cc([C@@H](NC(=O)c3cnn(CCC(F)(F)F)c3)C3CCC(F)(F)CC3)nc2c1. The van der Waals surface area contributed by atoms with Crippen molar-refractivity contribution < 1.29 is 44.7 Å². The van der Waals surface area contributed by atoms with E-state index in [1.807, 2.05) is 6.08 Å². The van der Waals surface area contributed by atoms with Gasteiger partial charge in [0, 0.05) is 37.6 Å². The lowest BCUT2D eigenvalue weighted by Crippen LogP contribution is -2.37. The first kappa shape index (κ1) is 32.3. The van der Waals surface area contributed by atoms with Gasteiger partial charge in [0.2, 0.25) is 11.8 Å². The Morgan fingerprint density at radius 2 is 1.67 bits per heavy atom. The Morgan fingerprint density at radius 3 is 2.31 bits per heavy atom. The molecule has 9 nitrogen and oxygen atoms in total. The summed E-state index contributed by atoms with van der Waals surface area (Å²) >= 11 is 0. The van der Waals surface area contributed by atoms with Crippen molar-refractivity contribution in [3.8, 4) is 0 Å². The molecule has 1 saturated carbocycles. The first-order valence-corrected chi connectivity index (χ1v) is 14.2. The molecular weight excluding hydrogens is 618 g/mol. The molecule has 0 spiro atoms. The number of hydrogen-bond acceptors (Lipinski definition) is 5. The Labute approximate surface area is 251 Å². The highest BCUT2D eigenvalue weighted by atomic mass is 19.4. The zero-order chi connectivity index (χ0) is 32.6. The van der Waals surface area contributed by atoms with E-state index in [9.17, 15) is 44.7 Å². The van der Waals surface area contributed by atoms with Gasteiger partial charge in [-0.25, -0.2) is 18.3 Å². The molecule has 0 unspecified atom stereocenters. The topological polar surface area (TPSA) is 106 Å². The summed E-state index contributed by atoms with van der Waals surface area (Å²) in [6, 6.07) is 0.0118. The van der Waals surface area contributed by atoms with Crippen molar-refractivity contribution in [1.82, 2.24) is 35.0 Å². The third kappa shape index (κ3) is 8.78. The number of rotatable bonds is 11. The summed E-state index contributed by atoms with van der Waals surface area (Å²) in [6.45, 7) is -0.487. The Balaban J connectivity index is 1.36. The first-order valence-electron chi connectivity index (χ1n) is 14.2. The molecule has 3 heterocycles. The summed E-state index contributed by atoms with van der Waals surface area (Å²) in [7, 11) is 0. The van der Waals surface area contributed by atoms with Gasteiger partial charge in [-0.3, -0.25) is 14.3 Å². The number of alkyl halides is 8. The highest BCUT2D eigenvalue weighted by Crippen LogP contribution is 2.41. The van der Waals surface area contributed by atoms with Crippen LogP contribution in [0.3, 0.4) is 0 Å². The number of aryl methyl sites for hydroxylation is 1. The predicted octanol–water partition coefficient (Wildman–Crippen LogP) is 6.00. The van der Waals surface area contributed by atoms with E-state index in [0.29, 0.717) is 17.7 Å². The Hall–Kier alpha value is -4.05. The van der Waals surface area contributed by atoms with Crippen LogP contribution in [-0.2, 0) is 11.3 Å². The quantitative estimate of drug-likeness (QED) is 0.196. The summed E-state index contributed by atoms with van der Waals surface area (Å²) in [5.74, 6) is -4.76. The number of fused-ring (bicyclic) bond motifs is 1. The number of imidazole rings is 1. The van der Waals surface area contributed by atoms with Crippen molar-refractivity contribution >= 4 is 17.5 Å². The zero-order valence-corrected chi connectivity index (χ0v) is 23.6. The molecule has 2 aliphatic rings. The van der Waals surface area contributed by atoms with Crippen molar-refractivity contribution in [2.45, 2.75) is 88.3 Å². The molecule has 17 heteroatoms. The van der Waals surface area contributed by atoms with E-state index in [0.717, 1.165) is 16.5 Å².